The third kappa shape index (κ3) is 12.9. The van der Waals surface area contributed by atoms with Crippen LogP contribution in [0.5, 0.6) is 11.5 Å². The summed E-state index contributed by atoms with van der Waals surface area (Å²) in [4.78, 5) is 22.2. The number of rotatable bonds is 14. The van der Waals surface area contributed by atoms with Crippen molar-refractivity contribution in [2.75, 3.05) is 0 Å². The van der Waals surface area contributed by atoms with Crippen LogP contribution in [0.25, 0.3) is 0 Å². The molecule has 1 heterocycles. The second kappa shape index (κ2) is 16.9. The molecule has 0 aromatic heterocycles. The van der Waals surface area contributed by atoms with Crippen LogP contribution < -0.4 is 78.2 Å². The molecule has 0 bridgehead atoms. The Morgan fingerprint density at radius 1 is 0.944 bits per heavy atom. The second-order valence-corrected chi connectivity index (χ2v) is 12.6. The molecule has 2 rings (SSSR count). The first-order valence-corrected chi connectivity index (χ1v) is 14.8. The molecule has 196 valence electrons. The van der Waals surface area contributed by atoms with Crippen molar-refractivity contribution < 1.29 is 82.7 Å². The number of fused-ring (bicyclic) bond motifs is 1. The van der Waals surface area contributed by atoms with Gasteiger partial charge in [0, 0.05) is 0 Å². The number of hydrogen-bond acceptors (Lipinski definition) is 5. The van der Waals surface area contributed by atoms with E-state index in [1.54, 1.807) is 13.0 Å². The Kier molecular flexibility index (Phi) is 17.4. The van der Waals surface area contributed by atoms with E-state index in [2.05, 4.69) is 39.1 Å². The maximum Gasteiger partial charge on any atom is 1.00 e. The van der Waals surface area contributed by atoms with Crippen molar-refractivity contribution >= 4 is 7.82 Å². The number of ether oxygens (including phenoxy) is 1. The first-order valence-electron chi connectivity index (χ1n) is 13.3. The monoisotopic (exact) mass is 540 g/mol. The Hall–Kier alpha value is 0.970. The van der Waals surface area contributed by atoms with Crippen molar-refractivity contribution in [3.8, 4) is 11.5 Å². The van der Waals surface area contributed by atoms with Crippen molar-refractivity contribution in [1.29, 1.82) is 0 Å². The van der Waals surface area contributed by atoms with Gasteiger partial charge in [0.1, 0.15) is 24.9 Å². The van der Waals surface area contributed by atoms with E-state index >= 15 is 0 Å². The predicted octanol–water partition coefficient (Wildman–Crippen LogP) is 1.04. The molecule has 0 saturated heterocycles. The molecule has 0 aliphatic carbocycles. The second-order valence-electron chi connectivity index (χ2n) is 11.6. The molecule has 0 unspecified atom stereocenters. The minimum atomic E-state index is -5.08. The summed E-state index contributed by atoms with van der Waals surface area (Å²) < 4.78 is 22.3. The fourth-order valence-corrected chi connectivity index (χ4v) is 5.58. The van der Waals surface area contributed by atoms with Gasteiger partial charge in [-0.3, -0.25) is 0 Å². The SMILES string of the molecule is Cc1c(OP(=O)([O-])[O-])cc2c(c1C)O[C@](C)(CCC[C@H](C)CCC[C@H](C)CCCC(C)C)CC2.[Na+].[Na+]. The summed E-state index contributed by atoms with van der Waals surface area (Å²) in [5.41, 5.74) is 2.19. The van der Waals surface area contributed by atoms with E-state index in [0.717, 1.165) is 60.3 Å². The Morgan fingerprint density at radius 3 is 2.00 bits per heavy atom. The van der Waals surface area contributed by atoms with Crippen LogP contribution in [0.3, 0.4) is 0 Å². The average Bonchev–Trinajstić information content (AvgIpc) is 2.71. The van der Waals surface area contributed by atoms with E-state index in [1.807, 2.05) is 6.92 Å². The van der Waals surface area contributed by atoms with Gasteiger partial charge in [0.15, 0.2) is 0 Å². The molecule has 8 heteroatoms. The smallest absolute Gasteiger partial charge is 0.780 e. The van der Waals surface area contributed by atoms with Crippen molar-refractivity contribution in [2.45, 2.75) is 125 Å². The van der Waals surface area contributed by atoms with Crippen LogP contribution in [-0.2, 0) is 11.0 Å². The van der Waals surface area contributed by atoms with Crippen molar-refractivity contribution in [2.24, 2.45) is 17.8 Å². The van der Waals surface area contributed by atoms with Crippen LogP contribution in [0, 0.1) is 31.6 Å². The van der Waals surface area contributed by atoms with Gasteiger partial charge >= 0.3 is 59.1 Å². The van der Waals surface area contributed by atoms with E-state index in [9.17, 15) is 14.4 Å². The normalized spacial score (nSPS) is 18.9. The van der Waals surface area contributed by atoms with Gasteiger partial charge in [0.2, 0.25) is 0 Å². The summed E-state index contributed by atoms with van der Waals surface area (Å²) in [6.07, 6.45) is 13.1. The molecule has 5 nitrogen and oxygen atoms in total. The van der Waals surface area contributed by atoms with Gasteiger partial charge in [-0.25, -0.2) is 0 Å². The minimum absolute atomic E-state index is 0. The molecule has 36 heavy (non-hydrogen) atoms. The number of aryl methyl sites for hydroxylation is 1. The van der Waals surface area contributed by atoms with Gasteiger partial charge in [-0.05, 0) is 87.0 Å². The molecule has 0 spiro atoms. The van der Waals surface area contributed by atoms with Crippen LogP contribution in [0.1, 0.15) is 116 Å². The molecular weight excluding hydrogens is 493 g/mol. The van der Waals surface area contributed by atoms with Crippen molar-refractivity contribution in [1.82, 2.24) is 0 Å². The Morgan fingerprint density at radius 2 is 1.47 bits per heavy atom. The van der Waals surface area contributed by atoms with Crippen molar-refractivity contribution in [3.63, 3.8) is 0 Å². The summed E-state index contributed by atoms with van der Waals surface area (Å²) in [7, 11) is -5.08. The fraction of sp³-hybridized carbons (Fsp3) is 0.786. The third-order valence-corrected chi connectivity index (χ3v) is 8.05. The first-order chi connectivity index (χ1) is 15.8. The van der Waals surface area contributed by atoms with Gasteiger partial charge in [0.25, 0.3) is 0 Å². The maximum atomic E-state index is 11.1. The number of hydrogen-bond donors (Lipinski definition) is 0. The number of benzene rings is 1. The van der Waals surface area contributed by atoms with Gasteiger partial charge in [-0.1, -0.05) is 72.6 Å². The standard InChI is InChI=1S/C28H49O5P.2Na/c1-20(2)11-8-12-21(3)13-9-14-22(4)15-10-17-28(7)18-16-25-19-26(33-34(29,30)31)23(5)24(6)27(25)32-28;;/h19-22H,8-18H2,1-7H3,(H2,29,30,31);;/q;2*+1/p-2/t21-,22-,28-;;/m1../s1. The zero-order valence-electron chi connectivity index (χ0n) is 24.6. The Balaban J connectivity index is 0.00000612. The maximum absolute atomic E-state index is 11.1. The van der Waals surface area contributed by atoms with Crippen LogP contribution in [0.4, 0.5) is 0 Å². The van der Waals surface area contributed by atoms with Crippen LogP contribution in [0.15, 0.2) is 6.07 Å². The fourth-order valence-electron chi connectivity index (χ4n) is 5.15. The molecular formula is C28H47Na2O5P. The summed E-state index contributed by atoms with van der Waals surface area (Å²) in [5, 5.41) is 0. The Bertz CT molecular complexity index is 842. The van der Waals surface area contributed by atoms with Crippen LogP contribution in [-0.4, -0.2) is 5.60 Å². The van der Waals surface area contributed by atoms with Gasteiger partial charge in [0.05, 0.1) is 0 Å². The molecule has 0 saturated carbocycles. The quantitative estimate of drug-likeness (QED) is 0.260. The van der Waals surface area contributed by atoms with Gasteiger partial charge < -0.3 is 23.6 Å². The topological polar surface area (TPSA) is 81.7 Å². The first kappa shape index (κ1) is 37.0. The molecule has 0 fully saturated rings. The molecule has 0 N–H and O–H groups in total. The molecule has 0 amide bonds. The molecule has 1 aromatic carbocycles. The summed E-state index contributed by atoms with van der Waals surface area (Å²) in [6, 6.07) is 1.66. The van der Waals surface area contributed by atoms with Crippen LogP contribution in [0.2, 0.25) is 0 Å². The van der Waals surface area contributed by atoms with Gasteiger partial charge in [-0.15, -0.1) is 0 Å². The van der Waals surface area contributed by atoms with E-state index in [1.165, 1.54) is 44.9 Å². The van der Waals surface area contributed by atoms with Crippen molar-refractivity contribution in [3.05, 3.63) is 22.8 Å². The summed E-state index contributed by atoms with van der Waals surface area (Å²) in [5.74, 6) is 3.34. The van der Waals surface area contributed by atoms with Crippen LogP contribution >= 0.6 is 7.82 Å². The summed E-state index contributed by atoms with van der Waals surface area (Å²) >= 11 is 0. The molecule has 1 aliphatic rings. The van der Waals surface area contributed by atoms with E-state index < -0.39 is 7.82 Å². The predicted molar refractivity (Wildman–Crippen MR) is 136 cm³/mol. The largest absolute Gasteiger partial charge is 1.00 e. The molecule has 1 aromatic rings. The molecule has 1 aliphatic heterocycles. The minimum Gasteiger partial charge on any atom is -0.780 e. The van der Waals surface area contributed by atoms with E-state index in [-0.39, 0.29) is 70.5 Å². The van der Waals surface area contributed by atoms with E-state index in [0.29, 0.717) is 5.56 Å². The molecule has 3 atom stereocenters. The number of phosphoric acid groups is 1. The zero-order chi connectivity index (χ0) is 25.5. The van der Waals surface area contributed by atoms with Gasteiger partial charge in [-0.2, -0.15) is 0 Å². The summed E-state index contributed by atoms with van der Waals surface area (Å²) in [6.45, 7) is 15.3. The third-order valence-electron chi connectivity index (χ3n) is 7.63. The molecule has 0 radical (unpaired) electrons. The number of phosphoric ester groups is 1. The average molecular weight is 541 g/mol. The Labute approximate surface area is 265 Å². The zero-order valence-corrected chi connectivity index (χ0v) is 29.5. The van der Waals surface area contributed by atoms with E-state index in [4.69, 9.17) is 4.74 Å².